The number of rotatable bonds is 16. The van der Waals surface area contributed by atoms with Crippen molar-refractivity contribution < 1.29 is 33.2 Å². The van der Waals surface area contributed by atoms with Gasteiger partial charge in [-0.3, -0.25) is 14.3 Å². The third-order valence-corrected chi connectivity index (χ3v) is 12.3. The molecule has 0 unspecified atom stereocenters. The van der Waals surface area contributed by atoms with Crippen LogP contribution >= 0.6 is 22.6 Å². The first kappa shape index (κ1) is 43.5. The first-order valence-corrected chi connectivity index (χ1v) is 21.5. The van der Waals surface area contributed by atoms with E-state index >= 15 is 0 Å². The number of nitrogens with one attached hydrogen (secondary N) is 1. The summed E-state index contributed by atoms with van der Waals surface area (Å²) in [4.78, 5) is 28.6. The zero-order chi connectivity index (χ0) is 44.0. The van der Waals surface area contributed by atoms with Gasteiger partial charge in [0, 0.05) is 12.6 Å². The molecule has 3 atom stereocenters. The van der Waals surface area contributed by atoms with E-state index in [0.717, 1.165) is 33.4 Å². The highest BCUT2D eigenvalue weighted by Gasteiger charge is 2.48. The van der Waals surface area contributed by atoms with Crippen molar-refractivity contribution in [2.75, 3.05) is 35.0 Å². The number of benzene rings is 6. The van der Waals surface area contributed by atoms with Crippen molar-refractivity contribution in [3.8, 4) is 23.0 Å². The van der Waals surface area contributed by atoms with Crippen LogP contribution in [-0.2, 0) is 25.4 Å². The molecule has 1 fully saturated rings. The molecule has 0 spiro atoms. The molecule has 0 saturated carbocycles. The SMILES string of the molecule is COc1ccc(C(OC[C@H]2O[C@@H](n3cc(I)c(=O)[nH]c3=O)C[C@@H]2OC(c2ccccc2)(c2ccc(OC)cc2)c2ccc(OC)cc2)(c2ccccc2)c2ccc(OC)cc2)cc1. The van der Waals surface area contributed by atoms with Crippen LogP contribution in [0.4, 0.5) is 0 Å². The third-order valence-electron chi connectivity index (χ3n) is 11.6. The van der Waals surface area contributed by atoms with Gasteiger partial charge in [-0.15, -0.1) is 0 Å². The first-order valence-electron chi connectivity index (χ1n) is 20.4. The maximum Gasteiger partial charge on any atom is 0.330 e. The van der Waals surface area contributed by atoms with Crippen LogP contribution in [0, 0.1) is 3.57 Å². The number of aromatic nitrogens is 2. The number of H-pyrrole nitrogens is 1. The zero-order valence-corrected chi connectivity index (χ0v) is 37.4. The monoisotopic (exact) mass is 958 g/mol. The number of hydrogen-bond acceptors (Lipinski definition) is 9. The van der Waals surface area contributed by atoms with E-state index in [1.165, 1.54) is 10.8 Å². The Balaban J connectivity index is 1.31. The summed E-state index contributed by atoms with van der Waals surface area (Å²) in [6.45, 7) is -0.000585. The minimum atomic E-state index is -1.23. The van der Waals surface area contributed by atoms with E-state index in [-0.39, 0.29) is 13.0 Å². The molecule has 1 N–H and O–H groups in total. The molecule has 2 heterocycles. The molecule has 1 aliphatic heterocycles. The molecule has 63 heavy (non-hydrogen) atoms. The van der Waals surface area contributed by atoms with Gasteiger partial charge in [-0.25, -0.2) is 4.79 Å². The van der Waals surface area contributed by atoms with Crippen LogP contribution in [0.3, 0.4) is 0 Å². The molecule has 0 amide bonds. The van der Waals surface area contributed by atoms with Crippen molar-refractivity contribution in [1.82, 2.24) is 9.55 Å². The van der Waals surface area contributed by atoms with Gasteiger partial charge >= 0.3 is 5.69 Å². The van der Waals surface area contributed by atoms with Crippen LogP contribution in [-0.4, -0.2) is 56.8 Å². The maximum atomic E-state index is 13.5. The van der Waals surface area contributed by atoms with E-state index in [1.807, 2.05) is 180 Å². The van der Waals surface area contributed by atoms with E-state index in [4.69, 9.17) is 33.2 Å². The maximum absolute atomic E-state index is 13.5. The predicted octanol–water partition coefficient (Wildman–Crippen LogP) is 8.85. The molecule has 1 aliphatic rings. The summed E-state index contributed by atoms with van der Waals surface area (Å²) in [5.74, 6) is 2.77. The Morgan fingerprint density at radius 2 is 0.952 bits per heavy atom. The molecule has 1 aromatic heterocycles. The van der Waals surface area contributed by atoms with Gasteiger partial charge in [0.25, 0.3) is 5.56 Å². The highest BCUT2D eigenvalue weighted by Crippen LogP contribution is 2.47. The van der Waals surface area contributed by atoms with Crippen LogP contribution in [0.2, 0.25) is 0 Å². The second kappa shape index (κ2) is 19.1. The minimum Gasteiger partial charge on any atom is -0.497 e. The number of ether oxygens (including phenoxy) is 7. The van der Waals surface area contributed by atoms with Crippen LogP contribution in [0.1, 0.15) is 46.0 Å². The van der Waals surface area contributed by atoms with Gasteiger partial charge in [0.1, 0.15) is 46.5 Å². The molecule has 1 saturated heterocycles. The lowest BCUT2D eigenvalue weighted by Gasteiger charge is -2.40. The predicted molar refractivity (Wildman–Crippen MR) is 248 cm³/mol. The Hall–Kier alpha value is -6.19. The molecule has 0 radical (unpaired) electrons. The van der Waals surface area contributed by atoms with Crippen molar-refractivity contribution in [2.24, 2.45) is 0 Å². The van der Waals surface area contributed by atoms with Gasteiger partial charge in [-0.1, -0.05) is 109 Å². The highest BCUT2D eigenvalue weighted by molar-refractivity contribution is 14.1. The third kappa shape index (κ3) is 8.63. The van der Waals surface area contributed by atoms with E-state index in [2.05, 4.69) is 4.98 Å². The Labute approximate surface area is 379 Å². The molecule has 11 nitrogen and oxygen atoms in total. The van der Waals surface area contributed by atoms with E-state index in [9.17, 15) is 9.59 Å². The molecule has 0 aliphatic carbocycles. The average Bonchev–Trinajstić information content (AvgIpc) is 3.74. The van der Waals surface area contributed by atoms with Gasteiger partial charge in [0.2, 0.25) is 0 Å². The summed E-state index contributed by atoms with van der Waals surface area (Å²) in [5.41, 5.74) is 1.58. The zero-order valence-electron chi connectivity index (χ0n) is 35.2. The molecule has 8 rings (SSSR count). The van der Waals surface area contributed by atoms with Crippen LogP contribution in [0.25, 0.3) is 0 Å². The summed E-state index contributed by atoms with van der Waals surface area (Å²) in [7, 11) is 6.53. The Morgan fingerprint density at radius 3 is 1.37 bits per heavy atom. The second-order valence-electron chi connectivity index (χ2n) is 15.0. The first-order chi connectivity index (χ1) is 30.7. The molecule has 12 heteroatoms. The lowest BCUT2D eigenvalue weighted by atomic mass is 9.79. The summed E-state index contributed by atoms with van der Waals surface area (Å²) < 4.78 is 46.2. The number of aromatic amines is 1. The summed E-state index contributed by atoms with van der Waals surface area (Å²) in [6.07, 6.45) is -0.579. The Morgan fingerprint density at radius 1 is 0.571 bits per heavy atom. The quantitative estimate of drug-likeness (QED) is 0.0749. The lowest BCUT2D eigenvalue weighted by Crippen LogP contribution is -2.43. The molecule has 0 bridgehead atoms. The van der Waals surface area contributed by atoms with Gasteiger partial charge < -0.3 is 33.2 Å². The number of hydrogen-bond donors (Lipinski definition) is 1. The number of nitrogens with zero attached hydrogens (tertiary/aromatic N) is 1. The van der Waals surface area contributed by atoms with Crippen LogP contribution in [0.5, 0.6) is 23.0 Å². The molecular formula is C51H47IN2O9. The molecule has 6 aromatic carbocycles. The van der Waals surface area contributed by atoms with E-state index in [0.29, 0.717) is 26.6 Å². The van der Waals surface area contributed by atoms with Gasteiger partial charge in [-0.05, 0) is 105 Å². The van der Waals surface area contributed by atoms with E-state index < -0.39 is 40.9 Å². The molecule has 322 valence electrons. The van der Waals surface area contributed by atoms with Crippen molar-refractivity contribution in [3.05, 3.63) is 222 Å². The van der Waals surface area contributed by atoms with Gasteiger partial charge in [0.05, 0.1) is 44.7 Å². The Bertz CT molecular complexity index is 2610. The smallest absolute Gasteiger partial charge is 0.330 e. The summed E-state index contributed by atoms with van der Waals surface area (Å²) in [5, 5.41) is 0. The topological polar surface area (TPSA) is 119 Å². The van der Waals surface area contributed by atoms with Gasteiger partial charge in [-0.2, -0.15) is 0 Å². The summed E-state index contributed by atoms with van der Waals surface area (Å²) in [6, 6.07) is 51.3. The van der Waals surface area contributed by atoms with Crippen molar-refractivity contribution in [3.63, 3.8) is 0 Å². The number of methoxy groups -OCH3 is 4. The fraction of sp³-hybridized carbons (Fsp3) is 0.216. The molecular weight excluding hydrogens is 911 g/mol. The average molecular weight is 959 g/mol. The summed E-state index contributed by atoms with van der Waals surface area (Å²) >= 11 is 1.92. The Kier molecular flexibility index (Phi) is 13.1. The largest absolute Gasteiger partial charge is 0.497 e. The van der Waals surface area contributed by atoms with Crippen LogP contribution in [0.15, 0.2) is 174 Å². The minimum absolute atomic E-state index is 0.000585. The second-order valence-corrected chi connectivity index (χ2v) is 16.1. The lowest BCUT2D eigenvalue weighted by molar-refractivity contribution is -0.126. The van der Waals surface area contributed by atoms with Crippen molar-refractivity contribution >= 4 is 22.6 Å². The normalized spacial score (nSPS) is 16.4. The fourth-order valence-electron chi connectivity index (χ4n) is 8.36. The fourth-order valence-corrected chi connectivity index (χ4v) is 8.79. The van der Waals surface area contributed by atoms with Crippen molar-refractivity contribution in [1.29, 1.82) is 0 Å². The van der Waals surface area contributed by atoms with Crippen molar-refractivity contribution in [2.45, 2.75) is 36.1 Å². The molecule has 7 aromatic rings. The number of halogens is 1. The van der Waals surface area contributed by atoms with Crippen LogP contribution < -0.4 is 30.2 Å². The standard InChI is InChI=1S/C51H47IN2O9/c1-57-40-23-15-36(16-24-40)50(34-11-7-5-8-12-34,37-17-25-41(58-2)26-18-37)61-33-46-45(31-47(62-46)54-32-44(52)48(55)53-49(54)56)63-51(35-13-9-6-10-14-35,38-19-27-42(59-3)28-20-38)39-21-29-43(60-4)30-22-39/h5-30,32,45-47H,31,33H2,1-4H3,(H,53,55,56)/t45-,46+,47+/m0/s1. The van der Waals surface area contributed by atoms with Gasteiger partial charge in [0.15, 0.2) is 0 Å². The highest BCUT2D eigenvalue weighted by atomic mass is 127. The van der Waals surface area contributed by atoms with E-state index in [1.54, 1.807) is 28.4 Å².